The van der Waals surface area contributed by atoms with Crippen LogP contribution in [-0.2, 0) is 25.4 Å². The molecule has 0 unspecified atom stereocenters. The van der Waals surface area contributed by atoms with E-state index >= 15 is 0 Å². The van der Waals surface area contributed by atoms with Gasteiger partial charge in [-0.15, -0.1) is 10.2 Å². The molecule has 8 nitrogen and oxygen atoms in total. The zero-order valence-corrected chi connectivity index (χ0v) is 19.0. The molecule has 6 rings (SSSR count). The minimum atomic E-state index is -3.04. The summed E-state index contributed by atoms with van der Waals surface area (Å²) in [4.78, 5) is 26.7. The van der Waals surface area contributed by atoms with Gasteiger partial charge in [-0.3, -0.25) is 9.59 Å². The van der Waals surface area contributed by atoms with Gasteiger partial charge in [-0.2, -0.15) is 13.9 Å². The molecule has 184 valence electrons. The third-order valence-electron chi connectivity index (χ3n) is 6.84. The van der Waals surface area contributed by atoms with E-state index in [0.29, 0.717) is 34.9 Å². The van der Waals surface area contributed by atoms with Crippen molar-refractivity contribution in [3.63, 3.8) is 0 Å². The third kappa shape index (κ3) is 3.75. The highest BCUT2D eigenvalue weighted by Crippen LogP contribution is 2.49. The summed E-state index contributed by atoms with van der Waals surface area (Å²) in [7, 11) is 0. The summed E-state index contributed by atoms with van der Waals surface area (Å²) < 4.78 is 45.3. The highest BCUT2D eigenvalue weighted by molar-refractivity contribution is 5.94. The van der Waals surface area contributed by atoms with Crippen molar-refractivity contribution in [2.75, 3.05) is 6.54 Å². The molecule has 1 fully saturated rings. The maximum absolute atomic E-state index is 14.7. The molecule has 1 aliphatic heterocycles. The van der Waals surface area contributed by atoms with Gasteiger partial charge < -0.3 is 9.47 Å². The van der Waals surface area contributed by atoms with E-state index in [1.54, 1.807) is 30.3 Å². The summed E-state index contributed by atoms with van der Waals surface area (Å²) in [6.07, 6.45) is 1.19. The Bertz CT molecular complexity index is 1560. The molecule has 0 saturated heterocycles. The second-order valence-corrected chi connectivity index (χ2v) is 9.25. The Morgan fingerprint density at radius 3 is 2.64 bits per heavy atom. The first-order chi connectivity index (χ1) is 17.3. The summed E-state index contributed by atoms with van der Waals surface area (Å²) in [6.45, 7) is 0.204. The van der Waals surface area contributed by atoms with E-state index in [4.69, 9.17) is 0 Å². The Hall–Kier alpha value is -4.02. The zero-order valence-electron chi connectivity index (χ0n) is 19.0. The molecule has 1 amide bonds. The lowest BCUT2D eigenvalue weighted by atomic mass is 10.0. The number of aromatic nitrogens is 5. The minimum absolute atomic E-state index is 0.0393. The maximum Gasteiger partial charge on any atom is 0.309 e. The van der Waals surface area contributed by atoms with Crippen molar-refractivity contribution in [2.24, 2.45) is 5.92 Å². The van der Waals surface area contributed by atoms with Crippen molar-refractivity contribution < 1.29 is 18.0 Å². The van der Waals surface area contributed by atoms with Crippen LogP contribution in [-0.4, -0.2) is 42.3 Å². The molecular formula is C25H21F3N6O2. The van der Waals surface area contributed by atoms with Gasteiger partial charge in [0.05, 0.1) is 23.2 Å². The predicted molar refractivity (Wildman–Crippen MR) is 123 cm³/mol. The van der Waals surface area contributed by atoms with E-state index in [-0.39, 0.29) is 48.8 Å². The Labute approximate surface area is 202 Å². The van der Waals surface area contributed by atoms with Gasteiger partial charge >= 0.3 is 5.92 Å². The number of carbonyl (C=O) groups is 1. The minimum Gasteiger partial charge on any atom is -0.329 e. The predicted octanol–water partition coefficient (Wildman–Crippen LogP) is 3.40. The molecule has 1 aliphatic carbocycles. The first kappa shape index (κ1) is 22.4. The second kappa shape index (κ2) is 8.28. The fourth-order valence-corrected chi connectivity index (χ4v) is 4.72. The molecular weight excluding hydrogens is 473 g/mol. The van der Waals surface area contributed by atoms with Crippen LogP contribution in [0, 0.1) is 11.7 Å². The largest absolute Gasteiger partial charge is 0.329 e. The quantitative estimate of drug-likeness (QED) is 0.459. The number of hydrogen-bond acceptors (Lipinski definition) is 5. The van der Waals surface area contributed by atoms with Gasteiger partial charge in [0.15, 0.2) is 5.82 Å². The van der Waals surface area contributed by atoms with Crippen LogP contribution >= 0.6 is 0 Å². The summed E-state index contributed by atoms with van der Waals surface area (Å²) >= 11 is 0. The van der Waals surface area contributed by atoms with Gasteiger partial charge in [0.2, 0.25) is 5.82 Å². The van der Waals surface area contributed by atoms with Gasteiger partial charge in [-0.1, -0.05) is 24.3 Å². The molecule has 11 heteroatoms. The van der Waals surface area contributed by atoms with E-state index in [1.807, 2.05) is 0 Å². The average molecular weight is 494 g/mol. The zero-order chi connectivity index (χ0) is 25.0. The molecule has 0 bridgehead atoms. The van der Waals surface area contributed by atoms with Crippen molar-refractivity contribution in [3.8, 4) is 0 Å². The number of aromatic amines is 1. The van der Waals surface area contributed by atoms with Gasteiger partial charge in [0.1, 0.15) is 5.82 Å². The van der Waals surface area contributed by atoms with Crippen LogP contribution in [0.15, 0.2) is 47.3 Å². The molecule has 2 aromatic heterocycles. The third-order valence-corrected chi connectivity index (χ3v) is 6.84. The number of rotatable bonds is 5. The fourth-order valence-electron chi connectivity index (χ4n) is 4.72. The van der Waals surface area contributed by atoms with Crippen LogP contribution in [0.1, 0.15) is 46.1 Å². The van der Waals surface area contributed by atoms with Crippen molar-refractivity contribution in [3.05, 3.63) is 87.1 Å². The average Bonchev–Trinajstić information content (AvgIpc) is 3.66. The van der Waals surface area contributed by atoms with Crippen molar-refractivity contribution in [2.45, 2.75) is 38.3 Å². The first-order valence-electron chi connectivity index (χ1n) is 11.7. The van der Waals surface area contributed by atoms with Gasteiger partial charge in [0.25, 0.3) is 11.5 Å². The van der Waals surface area contributed by atoms with Gasteiger partial charge in [0, 0.05) is 30.8 Å². The van der Waals surface area contributed by atoms with Gasteiger partial charge in [-0.05, 0) is 36.6 Å². The molecule has 1 saturated carbocycles. The molecule has 2 aliphatic rings. The molecule has 2 aromatic carbocycles. The van der Waals surface area contributed by atoms with E-state index in [2.05, 4.69) is 20.4 Å². The summed E-state index contributed by atoms with van der Waals surface area (Å²) in [5.41, 5.74) is 0.791. The highest BCUT2D eigenvalue weighted by Gasteiger charge is 2.52. The first-order valence-corrected chi connectivity index (χ1v) is 11.7. The number of benzene rings is 2. The topological polar surface area (TPSA) is 96.8 Å². The SMILES string of the molecule is O=C(c1cc(Cc2n[nH]c(=O)c3ccccc23)ccc1F)N1CCn2c(nnc2C(F)(F)C2CC2)C1. The number of hydrogen-bond donors (Lipinski definition) is 1. The number of nitrogens with zero attached hydrogens (tertiary/aromatic N) is 5. The number of H-pyrrole nitrogens is 1. The normalized spacial score (nSPS) is 15.8. The second-order valence-electron chi connectivity index (χ2n) is 9.25. The number of nitrogens with one attached hydrogen (secondary N) is 1. The molecule has 1 N–H and O–H groups in total. The van der Waals surface area contributed by atoms with Crippen LogP contribution in [0.2, 0.25) is 0 Å². The van der Waals surface area contributed by atoms with E-state index in [9.17, 15) is 22.8 Å². The molecule has 36 heavy (non-hydrogen) atoms. The molecule has 0 spiro atoms. The lowest BCUT2D eigenvalue weighted by Crippen LogP contribution is -2.40. The smallest absolute Gasteiger partial charge is 0.309 e. The van der Waals surface area contributed by atoms with Crippen LogP contribution < -0.4 is 5.56 Å². The number of fused-ring (bicyclic) bond motifs is 2. The lowest BCUT2D eigenvalue weighted by molar-refractivity contribution is -0.0418. The van der Waals surface area contributed by atoms with Crippen molar-refractivity contribution >= 4 is 16.7 Å². The summed E-state index contributed by atoms with van der Waals surface area (Å²) in [5.74, 6) is -5.10. The van der Waals surface area contributed by atoms with E-state index in [0.717, 1.165) is 0 Å². The molecule has 3 heterocycles. The molecule has 0 atom stereocenters. The van der Waals surface area contributed by atoms with E-state index < -0.39 is 23.6 Å². The van der Waals surface area contributed by atoms with E-state index in [1.165, 1.54) is 21.6 Å². The van der Waals surface area contributed by atoms with Crippen molar-refractivity contribution in [1.29, 1.82) is 0 Å². The number of alkyl halides is 2. The lowest BCUT2D eigenvalue weighted by Gasteiger charge is -2.29. The standard InChI is InChI=1S/C25H21F3N6O2/c26-19-8-5-14(12-20-16-3-1-2-4-17(16)22(35)31-29-20)11-18(19)23(36)33-9-10-34-21(13-33)30-32-24(34)25(27,28)15-6-7-15/h1-5,8,11,15H,6-7,9-10,12-13H2,(H,31,35). The molecule has 0 radical (unpaired) electrons. The monoisotopic (exact) mass is 494 g/mol. The highest BCUT2D eigenvalue weighted by atomic mass is 19.3. The Morgan fingerprint density at radius 1 is 1.08 bits per heavy atom. The van der Waals surface area contributed by atoms with Gasteiger partial charge in [-0.25, -0.2) is 9.49 Å². The number of amides is 1. The number of carbonyl (C=O) groups excluding carboxylic acids is 1. The Balaban J connectivity index is 1.25. The maximum atomic E-state index is 14.7. The van der Waals surface area contributed by atoms with Crippen LogP contribution in [0.3, 0.4) is 0 Å². The summed E-state index contributed by atoms with van der Waals surface area (Å²) in [5, 5.41) is 15.4. The summed E-state index contributed by atoms with van der Waals surface area (Å²) in [6, 6.07) is 11.3. The number of halogens is 3. The fraction of sp³-hybridized carbons (Fsp3) is 0.320. The van der Waals surface area contributed by atoms with Crippen LogP contribution in [0.25, 0.3) is 10.8 Å². The van der Waals surface area contributed by atoms with Crippen LogP contribution in [0.4, 0.5) is 13.2 Å². The van der Waals surface area contributed by atoms with Crippen molar-refractivity contribution in [1.82, 2.24) is 29.9 Å². The van der Waals surface area contributed by atoms with Crippen LogP contribution in [0.5, 0.6) is 0 Å². The Morgan fingerprint density at radius 2 is 1.86 bits per heavy atom. The Kier molecular flexibility index (Phi) is 5.16. The molecule has 4 aromatic rings.